The van der Waals surface area contributed by atoms with E-state index >= 15 is 0 Å². The molecule has 0 amide bonds. The third-order valence-electron chi connectivity index (χ3n) is 1.98. The number of benzene rings is 1. The maximum absolute atomic E-state index is 13.2. The van der Waals surface area contributed by atoms with E-state index < -0.39 is 5.82 Å². The standard InChI is InChI=1S/C9H5Cl3FN3/c10-3-8-15-14-4-16(8)5-1-6(11)9(13)7(12)2-5/h1-2,4H,3H2. The van der Waals surface area contributed by atoms with E-state index in [2.05, 4.69) is 10.2 Å². The summed E-state index contributed by atoms with van der Waals surface area (Å²) in [5, 5.41) is 7.38. The Morgan fingerprint density at radius 1 is 1.25 bits per heavy atom. The minimum absolute atomic E-state index is 0.0586. The van der Waals surface area contributed by atoms with E-state index in [-0.39, 0.29) is 15.9 Å². The number of rotatable bonds is 2. The van der Waals surface area contributed by atoms with Crippen molar-refractivity contribution in [2.45, 2.75) is 5.88 Å². The maximum atomic E-state index is 13.2. The van der Waals surface area contributed by atoms with Gasteiger partial charge in [-0.2, -0.15) is 0 Å². The Labute approximate surface area is 106 Å². The lowest BCUT2D eigenvalue weighted by atomic mass is 10.3. The molecule has 2 rings (SSSR count). The summed E-state index contributed by atoms with van der Waals surface area (Å²) in [5.74, 6) is 0.0695. The topological polar surface area (TPSA) is 30.7 Å². The lowest BCUT2D eigenvalue weighted by Gasteiger charge is -2.06. The van der Waals surface area contributed by atoms with Crippen LogP contribution in [0.25, 0.3) is 5.69 Å². The normalized spacial score (nSPS) is 10.8. The fraction of sp³-hybridized carbons (Fsp3) is 0.111. The van der Waals surface area contributed by atoms with Crippen LogP contribution in [0, 0.1) is 5.82 Å². The molecule has 1 heterocycles. The Balaban J connectivity index is 2.57. The molecule has 1 aromatic heterocycles. The summed E-state index contributed by atoms with van der Waals surface area (Å²) in [6, 6.07) is 2.87. The summed E-state index contributed by atoms with van der Waals surface area (Å²) in [7, 11) is 0. The molecule has 0 atom stereocenters. The van der Waals surface area contributed by atoms with Crippen molar-refractivity contribution in [3.63, 3.8) is 0 Å². The molecule has 1 aromatic carbocycles. The SMILES string of the molecule is Fc1c(Cl)cc(-n2cnnc2CCl)cc1Cl. The second kappa shape index (κ2) is 4.57. The quantitative estimate of drug-likeness (QED) is 0.623. The van der Waals surface area contributed by atoms with Gasteiger partial charge in [0.1, 0.15) is 6.33 Å². The summed E-state index contributed by atoms with van der Waals surface area (Å²) in [6.45, 7) is 0. The fourth-order valence-corrected chi connectivity index (χ4v) is 1.90. The van der Waals surface area contributed by atoms with Crippen LogP contribution in [-0.2, 0) is 5.88 Å². The molecular formula is C9H5Cl3FN3. The first-order valence-electron chi connectivity index (χ1n) is 4.23. The van der Waals surface area contributed by atoms with E-state index in [0.29, 0.717) is 11.5 Å². The molecule has 84 valence electrons. The third kappa shape index (κ3) is 2.00. The fourth-order valence-electron chi connectivity index (χ4n) is 1.25. The minimum atomic E-state index is -0.646. The van der Waals surface area contributed by atoms with Crippen molar-refractivity contribution in [3.8, 4) is 5.69 Å². The van der Waals surface area contributed by atoms with Gasteiger partial charge in [0.15, 0.2) is 11.6 Å². The second-order valence-electron chi connectivity index (χ2n) is 2.97. The molecule has 0 unspecified atom stereocenters. The van der Waals surface area contributed by atoms with Crippen molar-refractivity contribution >= 4 is 34.8 Å². The van der Waals surface area contributed by atoms with Crippen LogP contribution in [0.5, 0.6) is 0 Å². The number of hydrogen-bond acceptors (Lipinski definition) is 2. The van der Waals surface area contributed by atoms with Crippen LogP contribution < -0.4 is 0 Å². The molecule has 3 nitrogen and oxygen atoms in total. The third-order valence-corrected chi connectivity index (χ3v) is 2.77. The first-order valence-corrected chi connectivity index (χ1v) is 5.52. The highest BCUT2D eigenvalue weighted by molar-refractivity contribution is 6.35. The van der Waals surface area contributed by atoms with Crippen molar-refractivity contribution in [1.29, 1.82) is 0 Å². The predicted molar refractivity (Wildman–Crippen MR) is 60.9 cm³/mol. The summed E-state index contributed by atoms with van der Waals surface area (Å²) in [5.41, 5.74) is 0.567. The molecule has 0 aliphatic carbocycles. The Kier molecular flexibility index (Phi) is 3.33. The zero-order chi connectivity index (χ0) is 11.7. The van der Waals surface area contributed by atoms with Crippen LogP contribution in [-0.4, -0.2) is 14.8 Å². The van der Waals surface area contributed by atoms with Crippen molar-refractivity contribution in [3.05, 3.63) is 40.1 Å². The smallest absolute Gasteiger partial charge is 0.160 e. The number of hydrogen-bond donors (Lipinski definition) is 0. The predicted octanol–water partition coefficient (Wildman–Crippen LogP) is 3.45. The highest BCUT2D eigenvalue weighted by Gasteiger charge is 2.11. The summed E-state index contributed by atoms with van der Waals surface area (Å²) >= 11 is 17.0. The number of nitrogens with zero attached hydrogens (tertiary/aromatic N) is 3. The number of alkyl halides is 1. The lowest BCUT2D eigenvalue weighted by Crippen LogP contribution is -1.99. The van der Waals surface area contributed by atoms with Crippen LogP contribution in [0.3, 0.4) is 0 Å². The van der Waals surface area contributed by atoms with Crippen LogP contribution >= 0.6 is 34.8 Å². The zero-order valence-corrected chi connectivity index (χ0v) is 10.1. The summed E-state index contributed by atoms with van der Waals surface area (Å²) in [4.78, 5) is 0. The van der Waals surface area contributed by atoms with Gasteiger partial charge in [-0.1, -0.05) is 23.2 Å². The van der Waals surface area contributed by atoms with Crippen LogP contribution in [0.15, 0.2) is 18.5 Å². The van der Waals surface area contributed by atoms with Gasteiger partial charge in [-0.3, -0.25) is 4.57 Å². The largest absolute Gasteiger partial charge is 0.284 e. The molecule has 16 heavy (non-hydrogen) atoms. The van der Waals surface area contributed by atoms with E-state index in [1.165, 1.54) is 18.5 Å². The van der Waals surface area contributed by atoms with E-state index in [9.17, 15) is 4.39 Å². The average molecular weight is 281 g/mol. The van der Waals surface area contributed by atoms with E-state index in [4.69, 9.17) is 34.8 Å². The van der Waals surface area contributed by atoms with Crippen molar-refractivity contribution in [2.24, 2.45) is 0 Å². The van der Waals surface area contributed by atoms with Gasteiger partial charge in [0, 0.05) is 0 Å². The van der Waals surface area contributed by atoms with Gasteiger partial charge in [-0.25, -0.2) is 4.39 Å². The van der Waals surface area contributed by atoms with Gasteiger partial charge in [-0.15, -0.1) is 21.8 Å². The van der Waals surface area contributed by atoms with Crippen molar-refractivity contribution in [1.82, 2.24) is 14.8 Å². The van der Waals surface area contributed by atoms with Crippen LogP contribution in [0.2, 0.25) is 10.0 Å². The van der Waals surface area contributed by atoms with Crippen LogP contribution in [0.4, 0.5) is 4.39 Å². The number of aromatic nitrogens is 3. The Bertz CT molecular complexity index is 503. The van der Waals surface area contributed by atoms with Crippen molar-refractivity contribution < 1.29 is 4.39 Å². The van der Waals surface area contributed by atoms with Gasteiger partial charge >= 0.3 is 0 Å². The maximum Gasteiger partial charge on any atom is 0.160 e. The van der Waals surface area contributed by atoms with E-state index in [1.807, 2.05) is 0 Å². The number of halogens is 4. The van der Waals surface area contributed by atoms with Gasteiger partial charge in [0.25, 0.3) is 0 Å². The zero-order valence-electron chi connectivity index (χ0n) is 7.79. The molecule has 0 bridgehead atoms. The van der Waals surface area contributed by atoms with Gasteiger partial charge in [0.2, 0.25) is 0 Å². The van der Waals surface area contributed by atoms with Crippen molar-refractivity contribution in [2.75, 3.05) is 0 Å². The Morgan fingerprint density at radius 2 is 1.88 bits per heavy atom. The van der Waals surface area contributed by atoms with E-state index in [1.54, 1.807) is 4.57 Å². The second-order valence-corrected chi connectivity index (χ2v) is 4.06. The monoisotopic (exact) mass is 279 g/mol. The molecule has 0 radical (unpaired) electrons. The summed E-state index contributed by atoms with van der Waals surface area (Å²) < 4.78 is 14.8. The molecule has 2 aromatic rings. The average Bonchev–Trinajstić information content (AvgIpc) is 2.73. The molecule has 0 saturated heterocycles. The molecule has 0 aliphatic rings. The Hall–Kier alpha value is -0.840. The molecule has 7 heteroatoms. The highest BCUT2D eigenvalue weighted by Crippen LogP contribution is 2.27. The summed E-state index contributed by atoms with van der Waals surface area (Å²) in [6.07, 6.45) is 1.46. The van der Waals surface area contributed by atoms with Crippen LogP contribution in [0.1, 0.15) is 5.82 Å². The molecule has 0 N–H and O–H groups in total. The highest BCUT2D eigenvalue weighted by atomic mass is 35.5. The molecular weight excluding hydrogens is 275 g/mol. The molecule has 0 saturated carbocycles. The first-order chi connectivity index (χ1) is 7.63. The van der Waals surface area contributed by atoms with Gasteiger partial charge in [-0.05, 0) is 12.1 Å². The molecule has 0 aliphatic heterocycles. The Morgan fingerprint density at radius 3 is 2.44 bits per heavy atom. The first kappa shape index (κ1) is 11.6. The molecule has 0 fully saturated rings. The minimum Gasteiger partial charge on any atom is -0.284 e. The van der Waals surface area contributed by atoms with E-state index in [0.717, 1.165) is 0 Å². The van der Waals surface area contributed by atoms with Gasteiger partial charge in [0.05, 0.1) is 21.6 Å². The van der Waals surface area contributed by atoms with Gasteiger partial charge < -0.3 is 0 Å². The lowest BCUT2D eigenvalue weighted by molar-refractivity contribution is 0.628. The molecule has 0 spiro atoms.